The summed E-state index contributed by atoms with van der Waals surface area (Å²) in [5.41, 5.74) is 2.23. The average Bonchev–Trinajstić information content (AvgIpc) is 3.06. The Morgan fingerprint density at radius 1 is 0.962 bits per heavy atom. The molecule has 3 aromatic rings. The van der Waals surface area contributed by atoms with Crippen molar-refractivity contribution in [1.29, 1.82) is 0 Å². The maximum atomic E-state index is 11.2. The SMILES string of the molecule is O[C@@H](CN1CCCCC1)[C@@H](c1ccccc1)n1ccc2cc(Cl)ccc21. The van der Waals surface area contributed by atoms with Gasteiger partial charge in [0.1, 0.15) is 0 Å². The molecular formula is C22H25ClN2O. The first-order chi connectivity index (χ1) is 12.7. The highest BCUT2D eigenvalue weighted by atomic mass is 35.5. The number of aliphatic hydroxyl groups excluding tert-OH is 1. The molecule has 2 atom stereocenters. The maximum absolute atomic E-state index is 11.2. The molecule has 26 heavy (non-hydrogen) atoms. The molecule has 1 saturated heterocycles. The molecule has 2 heterocycles. The molecule has 0 bridgehead atoms. The zero-order chi connectivity index (χ0) is 17.9. The number of β-amino-alcohol motifs (C(OH)–C–C–N with tert-alkyl or cyclic N) is 1. The fraction of sp³-hybridized carbons (Fsp3) is 0.364. The standard InChI is InChI=1S/C22H25ClN2O/c23-19-9-10-20-18(15-19)11-14-25(20)22(17-7-3-1-4-8-17)21(26)16-24-12-5-2-6-13-24/h1,3-4,7-11,14-15,21-22,26H,2,5-6,12-13,16H2/t21-,22+/m0/s1. The molecule has 1 fully saturated rings. The third-order valence-electron chi connectivity index (χ3n) is 5.38. The van der Waals surface area contributed by atoms with Crippen LogP contribution < -0.4 is 0 Å². The van der Waals surface area contributed by atoms with E-state index < -0.39 is 6.10 Å². The van der Waals surface area contributed by atoms with E-state index >= 15 is 0 Å². The van der Waals surface area contributed by atoms with E-state index in [1.54, 1.807) is 0 Å². The van der Waals surface area contributed by atoms with Gasteiger partial charge in [-0.3, -0.25) is 0 Å². The van der Waals surface area contributed by atoms with E-state index in [2.05, 4.69) is 33.9 Å². The normalized spacial score (nSPS) is 18.1. The van der Waals surface area contributed by atoms with E-state index in [0.717, 1.165) is 34.6 Å². The van der Waals surface area contributed by atoms with Crippen molar-refractivity contribution in [2.45, 2.75) is 31.4 Å². The van der Waals surface area contributed by atoms with Crippen molar-refractivity contribution in [3.8, 4) is 0 Å². The van der Waals surface area contributed by atoms with Crippen LogP contribution in [0.3, 0.4) is 0 Å². The summed E-state index contributed by atoms with van der Waals surface area (Å²) in [6.45, 7) is 2.87. The summed E-state index contributed by atoms with van der Waals surface area (Å²) in [6, 6.07) is 18.2. The van der Waals surface area contributed by atoms with Crippen LogP contribution in [-0.4, -0.2) is 40.3 Å². The van der Waals surface area contributed by atoms with Crippen LogP contribution in [0.5, 0.6) is 0 Å². The summed E-state index contributed by atoms with van der Waals surface area (Å²) < 4.78 is 2.19. The molecule has 3 nitrogen and oxygen atoms in total. The van der Waals surface area contributed by atoms with Gasteiger partial charge in [0.25, 0.3) is 0 Å². The number of hydrogen-bond donors (Lipinski definition) is 1. The molecule has 0 spiro atoms. The molecule has 1 aliphatic heterocycles. The number of piperidine rings is 1. The monoisotopic (exact) mass is 368 g/mol. The number of hydrogen-bond acceptors (Lipinski definition) is 2. The predicted octanol–water partition coefficient (Wildman–Crippen LogP) is 4.73. The molecule has 1 aromatic heterocycles. The number of aliphatic hydroxyl groups is 1. The Balaban J connectivity index is 1.70. The fourth-order valence-electron chi connectivity index (χ4n) is 4.10. The summed E-state index contributed by atoms with van der Waals surface area (Å²) in [5.74, 6) is 0. The van der Waals surface area contributed by atoms with E-state index in [0.29, 0.717) is 6.54 Å². The van der Waals surface area contributed by atoms with Crippen LogP contribution in [0, 0.1) is 0 Å². The Morgan fingerprint density at radius 3 is 2.50 bits per heavy atom. The lowest BCUT2D eigenvalue weighted by Gasteiger charge is -2.33. The molecule has 0 radical (unpaired) electrons. The van der Waals surface area contributed by atoms with Gasteiger partial charge in [-0.25, -0.2) is 0 Å². The van der Waals surface area contributed by atoms with E-state index in [1.165, 1.54) is 19.3 Å². The zero-order valence-corrected chi connectivity index (χ0v) is 15.6. The Kier molecular flexibility index (Phi) is 5.30. The van der Waals surface area contributed by atoms with Gasteiger partial charge >= 0.3 is 0 Å². The minimum atomic E-state index is -0.471. The van der Waals surface area contributed by atoms with Gasteiger partial charge in [-0.1, -0.05) is 48.4 Å². The van der Waals surface area contributed by atoms with Crippen LogP contribution in [0.1, 0.15) is 30.9 Å². The van der Waals surface area contributed by atoms with E-state index in [-0.39, 0.29) is 6.04 Å². The van der Waals surface area contributed by atoms with Crippen molar-refractivity contribution in [1.82, 2.24) is 9.47 Å². The van der Waals surface area contributed by atoms with E-state index in [4.69, 9.17) is 11.6 Å². The quantitative estimate of drug-likeness (QED) is 0.705. The molecule has 136 valence electrons. The van der Waals surface area contributed by atoms with Crippen molar-refractivity contribution in [2.24, 2.45) is 0 Å². The number of halogens is 1. The maximum Gasteiger partial charge on any atom is 0.0915 e. The van der Waals surface area contributed by atoms with Gasteiger partial charge < -0.3 is 14.6 Å². The predicted molar refractivity (Wildman–Crippen MR) is 108 cm³/mol. The Bertz CT molecular complexity index is 855. The molecule has 0 saturated carbocycles. The van der Waals surface area contributed by atoms with Crippen molar-refractivity contribution in [3.05, 3.63) is 71.4 Å². The number of benzene rings is 2. The summed E-state index contributed by atoms with van der Waals surface area (Å²) in [4.78, 5) is 2.40. The minimum absolute atomic E-state index is 0.114. The van der Waals surface area contributed by atoms with Crippen LogP contribution in [0.4, 0.5) is 0 Å². The first-order valence-corrected chi connectivity index (χ1v) is 9.81. The van der Waals surface area contributed by atoms with Crippen LogP contribution in [-0.2, 0) is 0 Å². The van der Waals surface area contributed by atoms with Crippen molar-refractivity contribution in [3.63, 3.8) is 0 Å². The number of likely N-dealkylation sites (tertiary alicyclic amines) is 1. The average molecular weight is 369 g/mol. The highest BCUT2D eigenvalue weighted by Gasteiger charge is 2.26. The first kappa shape index (κ1) is 17.6. The summed E-state index contributed by atoms with van der Waals surface area (Å²) in [7, 11) is 0. The number of fused-ring (bicyclic) bond motifs is 1. The van der Waals surface area contributed by atoms with Gasteiger partial charge in [-0.15, -0.1) is 0 Å². The molecule has 1 aliphatic rings. The highest BCUT2D eigenvalue weighted by molar-refractivity contribution is 6.31. The molecule has 2 aromatic carbocycles. The molecule has 0 unspecified atom stereocenters. The van der Waals surface area contributed by atoms with Gasteiger partial charge in [-0.2, -0.15) is 0 Å². The second kappa shape index (κ2) is 7.83. The highest BCUT2D eigenvalue weighted by Crippen LogP contribution is 2.30. The van der Waals surface area contributed by atoms with Gasteiger partial charge in [0.05, 0.1) is 12.1 Å². The molecule has 0 aliphatic carbocycles. The molecule has 1 N–H and O–H groups in total. The largest absolute Gasteiger partial charge is 0.389 e. The Morgan fingerprint density at radius 2 is 1.73 bits per heavy atom. The molecule has 4 rings (SSSR count). The second-order valence-corrected chi connectivity index (χ2v) is 7.65. The lowest BCUT2D eigenvalue weighted by atomic mass is 9.99. The van der Waals surface area contributed by atoms with Crippen LogP contribution in [0.2, 0.25) is 5.02 Å². The van der Waals surface area contributed by atoms with Crippen molar-refractivity contribution in [2.75, 3.05) is 19.6 Å². The summed E-state index contributed by atoms with van der Waals surface area (Å²) in [6.07, 6.45) is 5.36. The lowest BCUT2D eigenvalue weighted by molar-refractivity contribution is 0.0737. The third-order valence-corrected chi connectivity index (χ3v) is 5.62. The molecule has 0 amide bonds. The smallest absolute Gasteiger partial charge is 0.0915 e. The van der Waals surface area contributed by atoms with Crippen LogP contribution in [0.15, 0.2) is 60.8 Å². The van der Waals surface area contributed by atoms with Gasteiger partial charge in [0, 0.05) is 28.7 Å². The van der Waals surface area contributed by atoms with Crippen LogP contribution >= 0.6 is 11.6 Å². The van der Waals surface area contributed by atoms with Crippen LogP contribution in [0.25, 0.3) is 10.9 Å². The zero-order valence-electron chi connectivity index (χ0n) is 14.9. The van der Waals surface area contributed by atoms with Gasteiger partial charge in [0.2, 0.25) is 0 Å². The number of rotatable bonds is 5. The van der Waals surface area contributed by atoms with Gasteiger partial charge in [-0.05, 0) is 55.8 Å². The summed E-state index contributed by atoms with van der Waals surface area (Å²) >= 11 is 6.15. The Hall–Kier alpha value is -1.81. The summed E-state index contributed by atoms with van der Waals surface area (Å²) in [5, 5.41) is 13.0. The van der Waals surface area contributed by atoms with Crippen molar-refractivity contribution >= 4 is 22.5 Å². The topological polar surface area (TPSA) is 28.4 Å². The number of aromatic nitrogens is 1. The molecule has 4 heteroatoms. The van der Waals surface area contributed by atoms with E-state index in [1.807, 2.05) is 36.4 Å². The van der Waals surface area contributed by atoms with Gasteiger partial charge in [0.15, 0.2) is 0 Å². The fourth-order valence-corrected chi connectivity index (χ4v) is 4.28. The second-order valence-electron chi connectivity index (χ2n) is 7.21. The first-order valence-electron chi connectivity index (χ1n) is 9.44. The van der Waals surface area contributed by atoms with Crippen molar-refractivity contribution < 1.29 is 5.11 Å². The Labute approximate surface area is 159 Å². The lowest BCUT2D eigenvalue weighted by Crippen LogP contribution is -2.40. The van der Waals surface area contributed by atoms with E-state index in [9.17, 15) is 5.11 Å². The third kappa shape index (κ3) is 3.66. The number of nitrogens with zero attached hydrogens (tertiary/aromatic N) is 2. The minimum Gasteiger partial charge on any atom is -0.389 e. The molecular weight excluding hydrogens is 344 g/mol.